The summed E-state index contributed by atoms with van der Waals surface area (Å²) in [6.45, 7) is 5.51. The molecule has 8 nitrogen and oxygen atoms in total. The number of fused-ring (bicyclic) bond motifs is 1. The maximum absolute atomic E-state index is 13.6. The molecule has 158 valence electrons. The number of morpholine rings is 1. The molecule has 1 fully saturated rings. The van der Waals surface area contributed by atoms with Gasteiger partial charge in [0, 0.05) is 24.7 Å². The second kappa shape index (κ2) is 7.36. The van der Waals surface area contributed by atoms with E-state index in [9.17, 15) is 18.0 Å². The van der Waals surface area contributed by atoms with Gasteiger partial charge >= 0.3 is 6.18 Å². The van der Waals surface area contributed by atoms with E-state index in [1.54, 1.807) is 11.8 Å². The van der Waals surface area contributed by atoms with Crippen LogP contribution in [0.15, 0.2) is 21.6 Å². The van der Waals surface area contributed by atoms with Crippen LogP contribution in [0.25, 0.3) is 0 Å². The number of alkyl halides is 3. The Morgan fingerprint density at radius 3 is 2.76 bits per heavy atom. The van der Waals surface area contributed by atoms with Crippen molar-refractivity contribution in [1.29, 1.82) is 0 Å². The number of anilines is 2. The van der Waals surface area contributed by atoms with Crippen molar-refractivity contribution in [2.24, 2.45) is 0 Å². The van der Waals surface area contributed by atoms with Crippen molar-refractivity contribution >= 4 is 11.8 Å². The molecule has 0 saturated carbocycles. The molecule has 2 atom stereocenters. The molecule has 1 saturated heterocycles. The molecule has 0 bridgehead atoms. The van der Waals surface area contributed by atoms with Gasteiger partial charge in [-0.1, -0.05) is 5.16 Å². The first kappa shape index (κ1) is 19.7. The number of ether oxygens (including phenoxy) is 1. The molecule has 2 aromatic heterocycles. The first-order valence-electron chi connectivity index (χ1n) is 9.45. The lowest BCUT2D eigenvalue weighted by atomic mass is 10.1. The number of aryl methyl sites for hydroxylation is 1. The SMILES string of the molecule is Cc1nocc1CN1CC[C@H](C(F)(F)F)n2c1nc(N1CCOC[C@H]1C)cc2=O. The first-order chi connectivity index (χ1) is 13.8. The molecule has 0 amide bonds. The van der Waals surface area contributed by atoms with Gasteiger partial charge < -0.3 is 19.1 Å². The molecule has 2 aromatic rings. The Labute approximate surface area is 164 Å². The van der Waals surface area contributed by atoms with Gasteiger partial charge in [-0.15, -0.1) is 0 Å². The van der Waals surface area contributed by atoms with Crippen LogP contribution in [0.2, 0.25) is 0 Å². The number of nitrogens with zero attached hydrogens (tertiary/aromatic N) is 5. The van der Waals surface area contributed by atoms with Gasteiger partial charge in [0.05, 0.1) is 31.5 Å². The minimum atomic E-state index is -4.53. The summed E-state index contributed by atoms with van der Waals surface area (Å²) in [6.07, 6.45) is -3.30. The molecule has 0 aromatic carbocycles. The van der Waals surface area contributed by atoms with Crippen LogP contribution in [-0.2, 0) is 11.3 Å². The van der Waals surface area contributed by atoms with Crippen molar-refractivity contribution in [3.8, 4) is 0 Å². The van der Waals surface area contributed by atoms with Gasteiger partial charge in [-0.05, 0) is 20.3 Å². The first-order valence-corrected chi connectivity index (χ1v) is 9.45. The van der Waals surface area contributed by atoms with E-state index in [2.05, 4.69) is 10.1 Å². The Balaban J connectivity index is 1.79. The molecule has 2 aliphatic rings. The average Bonchev–Trinajstić information content (AvgIpc) is 3.06. The molecule has 0 unspecified atom stereocenters. The topological polar surface area (TPSA) is 76.6 Å². The van der Waals surface area contributed by atoms with Gasteiger partial charge in [0.15, 0.2) is 0 Å². The molecule has 4 heterocycles. The van der Waals surface area contributed by atoms with Crippen molar-refractivity contribution < 1.29 is 22.4 Å². The van der Waals surface area contributed by atoms with Gasteiger partial charge in [-0.25, -0.2) is 0 Å². The highest BCUT2D eigenvalue weighted by Crippen LogP contribution is 2.38. The lowest BCUT2D eigenvalue weighted by molar-refractivity contribution is -0.171. The Kier molecular flexibility index (Phi) is 5.01. The highest BCUT2D eigenvalue weighted by Gasteiger charge is 2.45. The molecule has 0 aliphatic carbocycles. The number of aromatic nitrogens is 3. The Bertz CT molecular complexity index is 942. The van der Waals surface area contributed by atoms with Crippen LogP contribution in [0.5, 0.6) is 0 Å². The second-order valence-corrected chi connectivity index (χ2v) is 7.43. The Morgan fingerprint density at radius 1 is 1.31 bits per heavy atom. The number of rotatable bonds is 3. The van der Waals surface area contributed by atoms with Gasteiger partial charge in [0.25, 0.3) is 5.56 Å². The minimum Gasteiger partial charge on any atom is -0.377 e. The number of hydrogen-bond acceptors (Lipinski definition) is 7. The summed E-state index contributed by atoms with van der Waals surface area (Å²) in [4.78, 5) is 20.9. The third-order valence-corrected chi connectivity index (χ3v) is 5.44. The Morgan fingerprint density at radius 2 is 2.10 bits per heavy atom. The van der Waals surface area contributed by atoms with E-state index < -0.39 is 17.8 Å². The van der Waals surface area contributed by atoms with Crippen LogP contribution in [-0.4, -0.2) is 53.2 Å². The third kappa shape index (κ3) is 3.70. The van der Waals surface area contributed by atoms with E-state index in [1.165, 1.54) is 12.3 Å². The van der Waals surface area contributed by atoms with E-state index in [1.807, 2.05) is 11.8 Å². The summed E-state index contributed by atoms with van der Waals surface area (Å²) in [7, 11) is 0. The van der Waals surface area contributed by atoms with Crippen molar-refractivity contribution in [1.82, 2.24) is 14.7 Å². The fraction of sp³-hybridized carbons (Fsp3) is 0.611. The van der Waals surface area contributed by atoms with Crippen molar-refractivity contribution in [3.05, 3.63) is 33.9 Å². The molecule has 0 radical (unpaired) electrons. The summed E-state index contributed by atoms with van der Waals surface area (Å²) in [5.41, 5.74) is 0.675. The van der Waals surface area contributed by atoms with E-state index in [4.69, 9.17) is 9.26 Å². The molecule has 2 aliphatic heterocycles. The number of hydrogen-bond donors (Lipinski definition) is 0. The largest absolute Gasteiger partial charge is 0.409 e. The highest BCUT2D eigenvalue weighted by atomic mass is 19.4. The van der Waals surface area contributed by atoms with Crippen molar-refractivity contribution in [2.45, 2.75) is 45.1 Å². The van der Waals surface area contributed by atoms with Gasteiger partial charge in [0.1, 0.15) is 18.1 Å². The fourth-order valence-electron chi connectivity index (χ4n) is 3.84. The zero-order chi connectivity index (χ0) is 20.8. The van der Waals surface area contributed by atoms with Gasteiger partial charge in [-0.2, -0.15) is 18.2 Å². The summed E-state index contributed by atoms with van der Waals surface area (Å²) >= 11 is 0. The molecular weight excluding hydrogens is 391 g/mol. The zero-order valence-corrected chi connectivity index (χ0v) is 16.1. The molecule has 0 N–H and O–H groups in total. The van der Waals surface area contributed by atoms with Crippen LogP contribution in [0.1, 0.15) is 30.6 Å². The van der Waals surface area contributed by atoms with Crippen LogP contribution < -0.4 is 15.4 Å². The van der Waals surface area contributed by atoms with Crippen LogP contribution in [0.4, 0.5) is 24.9 Å². The highest BCUT2D eigenvalue weighted by molar-refractivity contribution is 5.47. The maximum atomic E-state index is 13.6. The van der Waals surface area contributed by atoms with E-state index in [0.717, 1.165) is 10.1 Å². The van der Waals surface area contributed by atoms with E-state index in [0.29, 0.717) is 31.3 Å². The summed E-state index contributed by atoms with van der Waals surface area (Å²) in [5.74, 6) is 0.382. The standard InChI is InChI=1S/C18H22F3N5O3/c1-11-9-28-6-5-25(11)15-7-16(27)26-14(18(19,20)21)3-4-24(17(26)22-15)8-13-10-29-23-12(13)2/h7,10-11,14H,3-6,8-9H2,1-2H3/t11-,14-/m1/s1. The maximum Gasteiger partial charge on any atom is 0.409 e. The average molecular weight is 413 g/mol. The van der Waals surface area contributed by atoms with Crippen LogP contribution in [0.3, 0.4) is 0 Å². The Hall–Kier alpha value is -2.56. The predicted molar refractivity (Wildman–Crippen MR) is 98.1 cm³/mol. The van der Waals surface area contributed by atoms with Gasteiger partial charge in [0.2, 0.25) is 5.95 Å². The van der Waals surface area contributed by atoms with Crippen LogP contribution in [0, 0.1) is 6.92 Å². The normalized spacial score (nSPS) is 22.7. The minimum absolute atomic E-state index is 0.0142. The zero-order valence-electron chi connectivity index (χ0n) is 16.1. The van der Waals surface area contributed by atoms with Crippen molar-refractivity contribution in [2.75, 3.05) is 36.1 Å². The van der Waals surface area contributed by atoms with E-state index >= 15 is 0 Å². The lowest BCUT2D eigenvalue weighted by Crippen LogP contribution is -2.48. The lowest BCUT2D eigenvalue weighted by Gasteiger charge is -2.38. The molecule has 11 heteroatoms. The van der Waals surface area contributed by atoms with Crippen molar-refractivity contribution in [3.63, 3.8) is 0 Å². The molecular formula is C18H22F3N5O3. The summed E-state index contributed by atoms with van der Waals surface area (Å²) in [5, 5.41) is 3.82. The second-order valence-electron chi connectivity index (χ2n) is 7.43. The third-order valence-electron chi connectivity index (χ3n) is 5.44. The number of halogens is 3. The smallest absolute Gasteiger partial charge is 0.377 e. The summed E-state index contributed by atoms with van der Waals surface area (Å²) in [6, 6.07) is -0.735. The van der Waals surface area contributed by atoms with Gasteiger partial charge in [-0.3, -0.25) is 9.36 Å². The monoisotopic (exact) mass is 413 g/mol. The molecule has 29 heavy (non-hydrogen) atoms. The van der Waals surface area contributed by atoms with E-state index in [-0.39, 0.29) is 31.5 Å². The van der Waals surface area contributed by atoms with Crippen LogP contribution >= 0.6 is 0 Å². The molecule has 4 rings (SSSR count). The fourth-order valence-corrected chi connectivity index (χ4v) is 3.84. The predicted octanol–water partition coefficient (Wildman–Crippen LogP) is 2.28. The summed E-state index contributed by atoms with van der Waals surface area (Å²) < 4.78 is 52.0. The molecule has 0 spiro atoms. The quantitative estimate of drug-likeness (QED) is 0.764.